The maximum atomic E-state index is 6.35. The summed E-state index contributed by atoms with van der Waals surface area (Å²) < 4.78 is 0. The molecule has 1 fully saturated rings. The van der Waals surface area contributed by atoms with E-state index in [1.165, 1.54) is 30.4 Å². The van der Waals surface area contributed by atoms with Gasteiger partial charge in [-0.1, -0.05) is 38.1 Å². The predicted octanol–water partition coefficient (Wildman–Crippen LogP) is 3.58. The zero-order valence-electron chi connectivity index (χ0n) is 13.5. The third kappa shape index (κ3) is 4.07. The van der Waals surface area contributed by atoms with Crippen molar-refractivity contribution in [3.05, 3.63) is 35.4 Å². The third-order valence-corrected chi connectivity index (χ3v) is 4.82. The number of nitrogens with two attached hydrogens (primary N) is 1. The highest BCUT2D eigenvalue weighted by molar-refractivity contribution is 5.25. The van der Waals surface area contributed by atoms with Gasteiger partial charge in [0.2, 0.25) is 0 Å². The van der Waals surface area contributed by atoms with Crippen LogP contribution in [0.15, 0.2) is 24.3 Å². The number of hydrogen-bond acceptors (Lipinski definition) is 2. The van der Waals surface area contributed by atoms with E-state index in [-0.39, 0.29) is 0 Å². The summed E-state index contributed by atoms with van der Waals surface area (Å²) in [4.78, 5) is 2.44. The van der Waals surface area contributed by atoms with Crippen LogP contribution in [0.1, 0.15) is 44.2 Å². The maximum absolute atomic E-state index is 6.35. The average molecular weight is 274 g/mol. The normalized spacial score (nSPS) is 25.9. The lowest BCUT2D eigenvalue weighted by atomic mass is 9.70. The van der Waals surface area contributed by atoms with Crippen molar-refractivity contribution in [1.82, 2.24) is 4.90 Å². The Morgan fingerprint density at radius 3 is 2.70 bits per heavy atom. The molecule has 2 rings (SSSR count). The number of nitrogens with zero attached hydrogens (tertiary/aromatic N) is 1. The second kappa shape index (κ2) is 6.28. The topological polar surface area (TPSA) is 29.3 Å². The monoisotopic (exact) mass is 274 g/mol. The maximum Gasteiger partial charge on any atom is 0.0233 e. The van der Waals surface area contributed by atoms with E-state index in [9.17, 15) is 0 Å². The van der Waals surface area contributed by atoms with Gasteiger partial charge in [0.25, 0.3) is 0 Å². The van der Waals surface area contributed by atoms with Gasteiger partial charge in [-0.2, -0.15) is 0 Å². The Balaban J connectivity index is 1.94. The lowest BCUT2D eigenvalue weighted by molar-refractivity contribution is 0.122. The van der Waals surface area contributed by atoms with Crippen molar-refractivity contribution in [2.75, 3.05) is 13.6 Å². The van der Waals surface area contributed by atoms with Gasteiger partial charge in [0, 0.05) is 19.1 Å². The van der Waals surface area contributed by atoms with Gasteiger partial charge in [-0.3, -0.25) is 0 Å². The van der Waals surface area contributed by atoms with Crippen molar-refractivity contribution >= 4 is 0 Å². The molecular formula is C18H30N2. The Morgan fingerprint density at radius 1 is 1.30 bits per heavy atom. The van der Waals surface area contributed by atoms with Gasteiger partial charge in [-0.05, 0) is 55.7 Å². The number of hydrogen-bond donors (Lipinski definition) is 1. The van der Waals surface area contributed by atoms with Gasteiger partial charge < -0.3 is 10.6 Å². The van der Waals surface area contributed by atoms with Crippen LogP contribution in [-0.2, 0) is 6.54 Å². The van der Waals surface area contributed by atoms with Crippen LogP contribution in [0.4, 0.5) is 0 Å². The smallest absolute Gasteiger partial charge is 0.0233 e. The van der Waals surface area contributed by atoms with Crippen molar-refractivity contribution in [3.8, 4) is 0 Å². The predicted molar refractivity (Wildman–Crippen MR) is 86.6 cm³/mol. The summed E-state index contributed by atoms with van der Waals surface area (Å²) in [5.74, 6) is 0.632. The van der Waals surface area contributed by atoms with Crippen LogP contribution in [0.5, 0.6) is 0 Å². The molecule has 1 aromatic rings. The minimum atomic E-state index is 0.377. The first kappa shape index (κ1) is 15.5. The molecule has 2 N–H and O–H groups in total. The van der Waals surface area contributed by atoms with Crippen LogP contribution in [0, 0.1) is 18.3 Å². The molecule has 1 aliphatic carbocycles. The largest absolute Gasteiger partial charge is 0.327 e. The van der Waals surface area contributed by atoms with Crippen molar-refractivity contribution in [2.24, 2.45) is 17.1 Å². The van der Waals surface area contributed by atoms with E-state index in [1.807, 2.05) is 0 Å². The molecule has 112 valence electrons. The Bertz CT molecular complexity index is 439. The standard InChI is InChI=1S/C18H30N2/c1-14-7-5-6-8-15(14)12-20(4)13-16-11-18(2,3)10-9-17(16)19/h5-8,16-17H,9-13,19H2,1-4H3. The summed E-state index contributed by atoms with van der Waals surface area (Å²) in [6.07, 6.45) is 3.70. The SMILES string of the molecule is Cc1ccccc1CN(C)CC1CC(C)(C)CCC1N. The second-order valence-electron chi connectivity index (χ2n) is 7.45. The number of benzene rings is 1. The molecular weight excluding hydrogens is 244 g/mol. The summed E-state index contributed by atoms with van der Waals surface area (Å²) in [5, 5.41) is 0. The summed E-state index contributed by atoms with van der Waals surface area (Å²) in [7, 11) is 2.22. The molecule has 1 aromatic carbocycles. The van der Waals surface area contributed by atoms with Gasteiger partial charge in [0.15, 0.2) is 0 Å². The summed E-state index contributed by atoms with van der Waals surface area (Å²) in [5.41, 5.74) is 9.62. The summed E-state index contributed by atoms with van der Waals surface area (Å²) in [6, 6.07) is 9.04. The number of aryl methyl sites for hydroxylation is 1. The molecule has 20 heavy (non-hydrogen) atoms. The molecule has 2 atom stereocenters. The quantitative estimate of drug-likeness (QED) is 0.909. The molecule has 0 spiro atoms. The Labute approximate surface area is 124 Å². The van der Waals surface area contributed by atoms with E-state index in [0.717, 1.165) is 13.1 Å². The molecule has 0 radical (unpaired) electrons. The Morgan fingerprint density at radius 2 is 2.00 bits per heavy atom. The molecule has 0 amide bonds. The highest BCUT2D eigenvalue weighted by atomic mass is 15.1. The summed E-state index contributed by atoms with van der Waals surface area (Å²) in [6.45, 7) is 9.09. The lowest BCUT2D eigenvalue weighted by Gasteiger charge is -2.40. The van der Waals surface area contributed by atoms with Crippen LogP contribution < -0.4 is 5.73 Å². The first-order valence-corrected chi connectivity index (χ1v) is 7.86. The van der Waals surface area contributed by atoms with Crippen LogP contribution in [0.2, 0.25) is 0 Å². The van der Waals surface area contributed by atoms with Crippen molar-refractivity contribution < 1.29 is 0 Å². The molecule has 0 aromatic heterocycles. The van der Waals surface area contributed by atoms with Crippen molar-refractivity contribution in [2.45, 2.75) is 52.6 Å². The molecule has 0 bridgehead atoms. The highest BCUT2D eigenvalue weighted by Gasteiger charge is 2.33. The highest BCUT2D eigenvalue weighted by Crippen LogP contribution is 2.38. The third-order valence-electron chi connectivity index (χ3n) is 4.82. The Hall–Kier alpha value is -0.860. The van der Waals surface area contributed by atoms with Gasteiger partial charge in [-0.25, -0.2) is 0 Å². The molecule has 1 aliphatic rings. The molecule has 1 saturated carbocycles. The zero-order valence-corrected chi connectivity index (χ0v) is 13.5. The van der Waals surface area contributed by atoms with E-state index in [1.54, 1.807) is 0 Å². The fourth-order valence-electron chi connectivity index (χ4n) is 3.50. The first-order valence-electron chi connectivity index (χ1n) is 7.86. The van der Waals surface area contributed by atoms with Crippen LogP contribution in [0.25, 0.3) is 0 Å². The first-order chi connectivity index (χ1) is 9.37. The van der Waals surface area contributed by atoms with E-state index in [0.29, 0.717) is 17.4 Å². The molecule has 2 unspecified atom stereocenters. The molecule has 2 nitrogen and oxygen atoms in total. The van der Waals surface area contributed by atoms with Gasteiger partial charge in [-0.15, -0.1) is 0 Å². The van der Waals surface area contributed by atoms with Gasteiger partial charge in [0.1, 0.15) is 0 Å². The van der Waals surface area contributed by atoms with E-state index in [2.05, 4.69) is 57.0 Å². The van der Waals surface area contributed by atoms with Crippen LogP contribution in [0.3, 0.4) is 0 Å². The van der Waals surface area contributed by atoms with Crippen LogP contribution in [-0.4, -0.2) is 24.5 Å². The molecule has 2 heteroatoms. The fraction of sp³-hybridized carbons (Fsp3) is 0.667. The lowest BCUT2D eigenvalue weighted by Crippen LogP contribution is -2.44. The Kier molecular flexibility index (Phi) is 4.87. The van der Waals surface area contributed by atoms with Crippen molar-refractivity contribution in [1.29, 1.82) is 0 Å². The molecule has 0 heterocycles. The zero-order chi connectivity index (χ0) is 14.8. The number of rotatable bonds is 4. The van der Waals surface area contributed by atoms with Gasteiger partial charge >= 0.3 is 0 Å². The van der Waals surface area contributed by atoms with E-state index < -0.39 is 0 Å². The second-order valence-corrected chi connectivity index (χ2v) is 7.45. The fourth-order valence-corrected chi connectivity index (χ4v) is 3.50. The molecule has 0 aliphatic heterocycles. The minimum Gasteiger partial charge on any atom is -0.327 e. The van der Waals surface area contributed by atoms with E-state index in [4.69, 9.17) is 5.73 Å². The molecule has 0 saturated heterocycles. The van der Waals surface area contributed by atoms with Crippen LogP contribution >= 0.6 is 0 Å². The van der Waals surface area contributed by atoms with E-state index >= 15 is 0 Å². The van der Waals surface area contributed by atoms with Crippen molar-refractivity contribution in [3.63, 3.8) is 0 Å². The summed E-state index contributed by atoms with van der Waals surface area (Å²) >= 11 is 0. The minimum absolute atomic E-state index is 0.377. The average Bonchev–Trinajstić information content (AvgIpc) is 2.36. The van der Waals surface area contributed by atoms with Gasteiger partial charge in [0.05, 0.1) is 0 Å².